The first-order valence-corrected chi connectivity index (χ1v) is 6.86. The van der Waals surface area contributed by atoms with Crippen molar-refractivity contribution in [3.05, 3.63) is 46.6 Å². The summed E-state index contributed by atoms with van der Waals surface area (Å²) in [5, 5.41) is 18.6. The molecule has 2 heterocycles. The maximum absolute atomic E-state index is 13.1. The highest BCUT2D eigenvalue weighted by molar-refractivity contribution is 7.17. The molecular formula is C13H9F2N3O2S. The summed E-state index contributed by atoms with van der Waals surface area (Å²) in [7, 11) is 0. The fraction of sp³-hybridized carbons (Fsp3) is 0.154. The van der Waals surface area contributed by atoms with Crippen LogP contribution in [-0.4, -0.2) is 26.1 Å². The van der Waals surface area contributed by atoms with Crippen LogP contribution in [0.1, 0.15) is 28.2 Å². The lowest BCUT2D eigenvalue weighted by atomic mass is 10.2. The summed E-state index contributed by atoms with van der Waals surface area (Å²) in [4.78, 5) is 10.9. The van der Waals surface area contributed by atoms with Gasteiger partial charge in [-0.15, -0.1) is 16.4 Å². The van der Waals surface area contributed by atoms with Gasteiger partial charge in [-0.3, -0.25) is 0 Å². The number of alkyl halides is 2. The molecule has 5 nitrogen and oxygen atoms in total. The van der Waals surface area contributed by atoms with Crippen molar-refractivity contribution in [2.75, 3.05) is 0 Å². The van der Waals surface area contributed by atoms with Gasteiger partial charge in [-0.1, -0.05) is 23.4 Å². The second-order valence-electron chi connectivity index (χ2n) is 4.34. The topological polar surface area (TPSA) is 68.0 Å². The molecule has 0 spiro atoms. The molecule has 0 bridgehead atoms. The van der Waals surface area contributed by atoms with Crippen LogP contribution in [0, 0.1) is 0 Å². The quantitative estimate of drug-likeness (QED) is 0.803. The first-order chi connectivity index (χ1) is 10.1. The summed E-state index contributed by atoms with van der Waals surface area (Å²) in [5.74, 6) is -1.51. The van der Waals surface area contributed by atoms with Gasteiger partial charge in [-0.25, -0.2) is 18.3 Å². The maximum atomic E-state index is 13.1. The number of carboxylic acid groups (broad SMARTS) is 1. The van der Waals surface area contributed by atoms with Crippen LogP contribution in [-0.2, 0) is 6.54 Å². The van der Waals surface area contributed by atoms with E-state index in [0.717, 1.165) is 20.3 Å². The Kier molecular flexibility index (Phi) is 3.38. The Balaban J connectivity index is 2.04. The molecule has 0 amide bonds. The molecule has 1 aromatic carbocycles. The molecule has 0 radical (unpaired) electrons. The molecular weight excluding hydrogens is 300 g/mol. The first-order valence-electron chi connectivity index (χ1n) is 5.98. The van der Waals surface area contributed by atoms with Gasteiger partial charge in [0.15, 0.2) is 5.69 Å². The van der Waals surface area contributed by atoms with E-state index in [1.807, 2.05) is 29.6 Å². The number of thiophene rings is 1. The summed E-state index contributed by atoms with van der Waals surface area (Å²) in [6.07, 6.45) is -2.95. The molecule has 0 atom stereocenters. The minimum atomic E-state index is -2.95. The van der Waals surface area contributed by atoms with Crippen LogP contribution in [0.15, 0.2) is 29.6 Å². The van der Waals surface area contributed by atoms with E-state index in [1.165, 1.54) is 11.3 Å². The number of benzene rings is 1. The number of aromatic nitrogens is 3. The van der Waals surface area contributed by atoms with Gasteiger partial charge in [0.05, 0.1) is 6.54 Å². The van der Waals surface area contributed by atoms with E-state index in [4.69, 9.17) is 5.11 Å². The van der Waals surface area contributed by atoms with Gasteiger partial charge in [-0.05, 0) is 22.4 Å². The molecule has 3 rings (SSSR count). The third kappa shape index (κ3) is 2.38. The number of carbonyl (C=O) groups is 1. The standard InChI is InChI=1S/C13H9F2N3O2S/c14-12(15)11-10(13(19)20)16-17-18(11)5-7-6-21-9-4-2-1-3-8(7)9/h1-4,6,12H,5H2,(H,19,20). The molecule has 0 saturated carbocycles. The van der Waals surface area contributed by atoms with Gasteiger partial charge in [-0.2, -0.15) is 0 Å². The smallest absolute Gasteiger partial charge is 0.358 e. The van der Waals surface area contributed by atoms with E-state index in [1.54, 1.807) is 0 Å². The number of fused-ring (bicyclic) bond motifs is 1. The number of halogens is 2. The van der Waals surface area contributed by atoms with Gasteiger partial charge in [0, 0.05) is 4.70 Å². The van der Waals surface area contributed by atoms with E-state index in [0.29, 0.717) is 0 Å². The largest absolute Gasteiger partial charge is 0.476 e. The highest BCUT2D eigenvalue weighted by Gasteiger charge is 2.26. The predicted octanol–water partition coefficient (Wildman–Crippen LogP) is 3.18. The number of aromatic carboxylic acids is 1. The summed E-state index contributed by atoms with van der Waals surface area (Å²) in [6, 6.07) is 7.57. The van der Waals surface area contributed by atoms with Gasteiger partial charge >= 0.3 is 5.97 Å². The second kappa shape index (κ2) is 5.21. The number of nitrogens with zero attached hydrogens (tertiary/aromatic N) is 3. The Morgan fingerprint density at radius 3 is 2.86 bits per heavy atom. The molecule has 0 fully saturated rings. The molecule has 1 N–H and O–H groups in total. The fourth-order valence-corrected chi connectivity index (χ4v) is 3.08. The number of carboxylic acids is 1. The highest BCUT2D eigenvalue weighted by atomic mass is 32.1. The lowest BCUT2D eigenvalue weighted by Crippen LogP contribution is -2.09. The lowest BCUT2D eigenvalue weighted by molar-refractivity contribution is 0.0675. The van der Waals surface area contributed by atoms with Crippen molar-refractivity contribution >= 4 is 27.4 Å². The number of hydrogen-bond donors (Lipinski definition) is 1. The lowest BCUT2D eigenvalue weighted by Gasteiger charge is -2.05. The van der Waals surface area contributed by atoms with Crippen molar-refractivity contribution in [3.8, 4) is 0 Å². The third-order valence-electron chi connectivity index (χ3n) is 3.06. The zero-order chi connectivity index (χ0) is 15.0. The monoisotopic (exact) mass is 309 g/mol. The average Bonchev–Trinajstić information content (AvgIpc) is 3.04. The van der Waals surface area contributed by atoms with Gasteiger partial charge < -0.3 is 5.11 Å². The van der Waals surface area contributed by atoms with E-state index >= 15 is 0 Å². The van der Waals surface area contributed by atoms with Crippen LogP contribution in [0.25, 0.3) is 10.1 Å². The molecule has 2 aromatic heterocycles. The molecule has 0 aliphatic heterocycles. The normalized spacial score (nSPS) is 11.4. The Morgan fingerprint density at radius 1 is 1.38 bits per heavy atom. The van der Waals surface area contributed by atoms with Gasteiger partial charge in [0.2, 0.25) is 0 Å². The maximum Gasteiger partial charge on any atom is 0.358 e. The average molecular weight is 309 g/mol. The molecule has 3 aromatic rings. The molecule has 0 aliphatic rings. The van der Waals surface area contributed by atoms with Gasteiger partial charge in [0.25, 0.3) is 6.43 Å². The van der Waals surface area contributed by atoms with Crippen molar-refractivity contribution in [2.45, 2.75) is 13.0 Å². The summed E-state index contributed by atoms with van der Waals surface area (Å²) >= 11 is 1.50. The molecule has 8 heteroatoms. The van der Waals surface area contributed by atoms with Crippen LogP contribution in [0.5, 0.6) is 0 Å². The third-order valence-corrected chi connectivity index (χ3v) is 4.08. The number of hydrogen-bond acceptors (Lipinski definition) is 4. The molecule has 108 valence electrons. The number of rotatable bonds is 4. The highest BCUT2D eigenvalue weighted by Crippen LogP contribution is 2.28. The Morgan fingerprint density at radius 2 is 2.14 bits per heavy atom. The summed E-state index contributed by atoms with van der Waals surface area (Å²) < 4.78 is 28.1. The predicted molar refractivity (Wildman–Crippen MR) is 72.9 cm³/mol. The van der Waals surface area contributed by atoms with Crippen molar-refractivity contribution in [3.63, 3.8) is 0 Å². The molecule has 21 heavy (non-hydrogen) atoms. The molecule has 0 saturated heterocycles. The minimum Gasteiger partial charge on any atom is -0.476 e. The summed E-state index contributed by atoms with van der Waals surface area (Å²) in [6.45, 7) is 0.0595. The van der Waals surface area contributed by atoms with E-state index in [9.17, 15) is 13.6 Å². The van der Waals surface area contributed by atoms with E-state index in [2.05, 4.69) is 10.3 Å². The van der Waals surface area contributed by atoms with Crippen molar-refractivity contribution in [1.82, 2.24) is 15.0 Å². The zero-order valence-electron chi connectivity index (χ0n) is 10.5. The van der Waals surface area contributed by atoms with Crippen molar-refractivity contribution in [1.29, 1.82) is 0 Å². The zero-order valence-corrected chi connectivity index (χ0v) is 11.3. The summed E-state index contributed by atoms with van der Waals surface area (Å²) in [5.41, 5.74) is -0.568. The first kappa shape index (κ1) is 13.6. The van der Waals surface area contributed by atoms with Crippen LogP contribution in [0.4, 0.5) is 8.78 Å². The Labute approximate surface area is 121 Å². The van der Waals surface area contributed by atoms with Crippen LogP contribution >= 0.6 is 11.3 Å². The van der Waals surface area contributed by atoms with Crippen molar-refractivity contribution in [2.24, 2.45) is 0 Å². The minimum absolute atomic E-state index is 0.0595. The van der Waals surface area contributed by atoms with Crippen molar-refractivity contribution < 1.29 is 18.7 Å². The SMILES string of the molecule is O=C(O)c1nnn(Cc2csc3ccccc23)c1C(F)F. The molecule has 0 aliphatic carbocycles. The van der Waals surface area contributed by atoms with Crippen LogP contribution < -0.4 is 0 Å². The van der Waals surface area contributed by atoms with Crippen LogP contribution in [0.3, 0.4) is 0 Å². The van der Waals surface area contributed by atoms with E-state index in [-0.39, 0.29) is 6.54 Å². The Hall–Kier alpha value is -2.35. The second-order valence-corrected chi connectivity index (χ2v) is 5.26. The Bertz CT molecular complexity index is 813. The van der Waals surface area contributed by atoms with Crippen LogP contribution in [0.2, 0.25) is 0 Å². The fourth-order valence-electron chi connectivity index (χ4n) is 2.12. The van der Waals surface area contributed by atoms with E-state index < -0.39 is 23.8 Å². The van der Waals surface area contributed by atoms with Gasteiger partial charge in [0.1, 0.15) is 5.69 Å². The molecule has 0 unspecified atom stereocenters.